The number of likely N-dealkylation sites (tertiary alicyclic amines) is 1. The number of amides is 2. The zero-order valence-electron chi connectivity index (χ0n) is 13.2. The molecule has 0 aromatic carbocycles. The van der Waals surface area contributed by atoms with Crippen molar-refractivity contribution in [3.63, 3.8) is 0 Å². The number of nitrogens with one attached hydrogen (secondary N) is 2. The third-order valence-corrected chi connectivity index (χ3v) is 3.98. The number of aliphatic hydroxyl groups excluding tert-OH is 1. The first-order valence-corrected chi connectivity index (χ1v) is 7.84. The minimum Gasteiger partial charge on any atom is -0.396 e. The van der Waals surface area contributed by atoms with Crippen molar-refractivity contribution in [2.45, 2.75) is 52.5 Å². The topological polar surface area (TPSA) is 64.6 Å². The van der Waals surface area contributed by atoms with E-state index >= 15 is 0 Å². The van der Waals surface area contributed by atoms with Crippen molar-refractivity contribution in [2.24, 2.45) is 5.41 Å². The van der Waals surface area contributed by atoms with E-state index in [4.69, 9.17) is 5.11 Å². The molecule has 5 heteroatoms. The third kappa shape index (κ3) is 6.57. The van der Waals surface area contributed by atoms with Gasteiger partial charge < -0.3 is 20.6 Å². The quantitative estimate of drug-likeness (QED) is 0.665. The molecule has 1 rings (SSSR count). The first-order valence-electron chi connectivity index (χ1n) is 7.84. The number of piperidine rings is 1. The summed E-state index contributed by atoms with van der Waals surface area (Å²) in [5.74, 6) is 0. The van der Waals surface area contributed by atoms with E-state index in [0.29, 0.717) is 19.0 Å². The Hall–Kier alpha value is -0.810. The highest BCUT2D eigenvalue weighted by Crippen LogP contribution is 2.18. The number of carbonyl (C=O) groups excluding carboxylic acids is 1. The SMILES string of the molecule is CCCN1CCC(NC(=O)NCC(C)(C)CCO)CC1. The largest absolute Gasteiger partial charge is 0.396 e. The first-order chi connectivity index (χ1) is 9.46. The van der Waals surface area contributed by atoms with Crippen LogP contribution in [0.1, 0.15) is 46.5 Å². The molecule has 0 saturated carbocycles. The molecule has 1 aliphatic heterocycles. The highest BCUT2D eigenvalue weighted by atomic mass is 16.3. The van der Waals surface area contributed by atoms with Crippen molar-refractivity contribution in [1.82, 2.24) is 15.5 Å². The minimum absolute atomic E-state index is 0.0589. The lowest BCUT2D eigenvalue weighted by Crippen LogP contribution is -2.49. The van der Waals surface area contributed by atoms with Crippen LogP contribution >= 0.6 is 0 Å². The van der Waals surface area contributed by atoms with Crippen LogP contribution in [0.3, 0.4) is 0 Å². The maximum absolute atomic E-state index is 11.9. The summed E-state index contributed by atoms with van der Waals surface area (Å²) in [7, 11) is 0. The van der Waals surface area contributed by atoms with Gasteiger partial charge in [-0.1, -0.05) is 20.8 Å². The van der Waals surface area contributed by atoms with E-state index in [9.17, 15) is 4.79 Å². The second-order valence-electron chi connectivity index (χ2n) is 6.58. The van der Waals surface area contributed by atoms with E-state index in [2.05, 4.69) is 22.5 Å². The van der Waals surface area contributed by atoms with Gasteiger partial charge in [0.15, 0.2) is 0 Å². The summed E-state index contributed by atoms with van der Waals surface area (Å²) in [4.78, 5) is 14.3. The summed E-state index contributed by atoms with van der Waals surface area (Å²) < 4.78 is 0. The number of rotatable bonds is 7. The average Bonchev–Trinajstić information content (AvgIpc) is 2.39. The number of urea groups is 1. The van der Waals surface area contributed by atoms with Gasteiger partial charge in [0.1, 0.15) is 0 Å². The van der Waals surface area contributed by atoms with E-state index < -0.39 is 0 Å². The Morgan fingerprint density at radius 1 is 1.35 bits per heavy atom. The summed E-state index contributed by atoms with van der Waals surface area (Å²) >= 11 is 0. The van der Waals surface area contributed by atoms with Crippen LogP contribution in [0, 0.1) is 5.41 Å². The lowest BCUT2D eigenvalue weighted by molar-refractivity contribution is 0.185. The lowest BCUT2D eigenvalue weighted by Gasteiger charge is -2.32. The van der Waals surface area contributed by atoms with Crippen molar-refractivity contribution >= 4 is 6.03 Å². The van der Waals surface area contributed by atoms with Gasteiger partial charge in [-0.3, -0.25) is 0 Å². The predicted octanol–water partition coefficient (Wildman–Crippen LogP) is 1.57. The normalized spacial score (nSPS) is 18.0. The molecule has 118 valence electrons. The van der Waals surface area contributed by atoms with Crippen LogP contribution < -0.4 is 10.6 Å². The van der Waals surface area contributed by atoms with E-state index in [-0.39, 0.29) is 18.1 Å². The average molecular weight is 285 g/mol. The van der Waals surface area contributed by atoms with E-state index in [1.165, 1.54) is 6.42 Å². The molecule has 0 aliphatic carbocycles. The Morgan fingerprint density at radius 2 is 2.00 bits per heavy atom. The Morgan fingerprint density at radius 3 is 2.55 bits per heavy atom. The summed E-state index contributed by atoms with van der Waals surface area (Å²) in [6, 6.07) is 0.217. The van der Waals surface area contributed by atoms with E-state index in [0.717, 1.165) is 32.5 Å². The molecule has 1 saturated heterocycles. The van der Waals surface area contributed by atoms with Gasteiger partial charge in [-0.05, 0) is 37.6 Å². The van der Waals surface area contributed by atoms with Crippen LogP contribution in [0.4, 0.5) is 4.79 Å². The number of hydrogen-bond acceptors (Lipinski definition) is 3. The van der Waals surface area contributed by atoms with E-state index in [1.807, 2.05) is 13.8 Å². The third-order valence-electron chi connectivity index (χ3n) is 3.98. The molecule has 0 bridgehead atoms. The van der Waals surface area contributed by atoms with Gasteiger partial charge >= 0.3 is 6.03 Å². The maximum Gasteiger partial charge on any atom is 0.315 e. The van der Waals surface area contributed by atoms with Crippen LogP contribution in [-0.4, -0.2) is 54.9 Å². The Balaban J connectivity index is 2.20. The fourth-order valence-electron chi connectivity index (χ4n) is 2.56. The van der Waals surface area contributed by atoms with Gasteiger partial charge in [-0.15, -0.1) is 0 Å². The van der Waals surface area contributed by atoms with Gasteiger partial charge in [0.25, 0.3) is 0 Å². The molecule has 0 atom stereocenters. The fraction of sp³-hybridized carbons (Fsp3) is 0.933. The number of aliphatic hydroxyl groups is 1. The van der Waals surface area contributed by atoms with Gasteiger partial charge in [0.2, 0.25) is 0 Å². The van der Waals surface area contributed by atoms with Crippen LogP contribution in [-0.2, 0) is 0 Å². The van der Waals surface area contributed by atoms with Gasteiger partial charge in [0, 0.05) is 32.3 Å². The molecule has 20 heavy (non-hydrogen) atoms. The van der Waals surface area contributed by atoms with E-state index in [1.54, 1.807) is 0 Å². The monoisotopic (exact) mass is 285 g/mol. The van der Waals surface area contributed by atoms with Crippen molar-refractivity contribution in [3.05, 3.63) is 0 Å². The zero-order valence-corrected chi connectivity index (χ0v) is 13.2. The zero-order chi connectivity index (χ0) is 15.0. The molecular formula is C15H31N3O2. The lowest BCUT2D eigenvalue weighted by atomic mass is 9.90. The van der Waals surface area contributed by atoms with Crippen LogP contribution in [0.15, 0.2) is 0 Å². The maximum atomic E-state index is 11.9. The summed E-state index contributed by atoms with van der Waals surface area (Å²) in [6.07, 6.45) is 3.96. The van der Waals surface area contributed by atoms with Gasteiger partial charge in [-0.2, -0.15) is 0 Å². The standard InChI is InChI=1S/C15H31N3O2/c1-4-8-18-9-5-13(6-10-18)17-14(20)16-12-15(2,3)7-11-19/h13,19H,4-12H2,1-3H3,(H2,16,17,20). The summed E-state index contributed by atoms with van der Waals surface area (Å²) in [6.45, 7) is 10.4. The smallest absolute Gasteiger partial charge is 0.315 e. The molecule has 0 aromatic heterocycles. The molecule has 0 radical (unpaired) electrons. The second kappa shape index (κ2) is 8.47. The van der Waals surface area contributed by atoms with Crippen LogP contribution in [0.2, 0.25) is 0 Å². The molecule has 2 amide bonds. The highest BCUT2D eigenvalue weighted by Gasteiger charge is 2.22. The van der Waals surface area contributed by atoms with Gasteiger partial charge in [0.05, 0.1) is 0 Å². The summed E-state index contributed by atoms with van der Waals surface area (Å²) in [5.41, 5.74) is -0.0589. The molecule has 1 aliphatic rings. The summed E-state index contributed by atoms with van der Waals surface area (Å²) in [5, 5.41) is 14.9. The molecule has 1 heterocycles. The fourth-order valence-corrected chi connectivity index (χ4v) is 2.56. The molecule has 3 N–H and O–H groups in total. The number of carbonyl (C=O) groups is 1. The van der Waals surface area contributed by atoms with Crippen molar-refractivity contribution in [2.75, 3.05) is 32.8 Å². The first kappa shape index (κ1) is 17.2. The second-order valence-corrected chi connectivity index (χ2v) is 6.58. The Bertz CT molecular complexity index is 287. The van der Waals surface area contributed by atoms with Crippen LogP contribution in [0.5, 0.6) is 0 Å². The number of nitrogens with zero attached hydrogens (tertiary/aromatic N) is 1. The molecule has 0 unspecified atom stereocenters. The molecule has 0 spiro atoms. The van der Waals surface area contributed by atoms with Crippen molar-refractivity contribution in [3.8, 4) is 0 Å². The van der Waals surface area contributed by atoms with Crippen LogP contribution in [0.25, 0.3) is 0 Å². The highest BCUT2D eigenvalue weighted by molar-refractivity contribution is 5.74. The minimum atomic E-state index is -0.0787. The van der Waals surface area contributed by atoms with Crippen molar-refractivity contribution in [1.29, 1.82) is 0 Å². The number of hydrogen-bond donors (Lipinski definition) is 3. The Labute approximate surface area is 123 Å². The Kier molecular flexibility index (Phi) is 7.30. The van der Waals surface area contributed by atoms with Gasteiger partial charge in [-0.25, -0.2) is 4.79 Å². The van der Waals surface area contributed by atoms with Crippen molar-refractivity contribution < 1.29 is 9.90 Å². The molecule has 1 fully saturated rings. The predicted molar refractivity (Wildman–Crippen MR) is 81.8 cm³/mol. The molecular weight excluding hydrogens is 254 g/mol. The molecule has 0 aromatic rings. The molecule has 5 nitrogen and oxygen atoms in total.